The third-order valence-corrected chi connectivity index (χ3v) is 6.79. The monoisotopic (exact) mass is 473 g/mol. The van der Waals surface area contributed by atoms with Crippen molar-refractivity contribution in [3.05, 3.63) is 87.6 Å². The Morgan fingerprint density at radius 3 is 2.44 bits per heavy atom. The Labute approximate surface area is 203 Å². The Bertz CT molecular complexity index is 1310. The Morgan fingerprint density at radius 2 is 1.74 bits per heavy atom. The number of hydrogen-bond acceptors (Lipinski definition) is 4. The number of nitrogens with one attached hydrogen (secondary N) is 1. The minimum atomic E-state index is -0.451. The fourth-order valence-electron chi connectivity index (χ4n) is 4.09. The second-order valence-electron chi connectivity index (χ2n) is 8.33. The Kier molecular flexibility index (Phi) is 6.75. The summed E-state index contributed by atoms with van der Waals surface area (Å²) in [4.78, 5) is 39.2. The number of aryl methyl sites for hydroxylation is 3. The molecule has 1 aliphatic heterocycles. The van der Waals surface area contributed by atoms with E-state index < -0.39 is 17.1 Å². The van der Waals surface area contributed by atoms with E-state index >= 15 is 0 Å². The standard InChI is InChI=1S/C27H27N3O3S/c1-5-20-8-6-7-9-23(20)30-18(3)14-21(19(30)4)15-24-26(32)29(27(33)34-24)16-25(31)28-22-12-10-17(2)11-13-22/h6-15H,5,16H2,1-4H3,(H,28,31)/b24-15-. The third-order valence-electron chi connectivity index (χ3n) is 5.88. The van der Waals surface area contributed by atoms with Crippen LogP contribution in [0.5, 0.6) is 0 Å². The number of nitrogens with zero attached hydrogens (tertiary/aromatic N) is 2. The molecule has 4 rings (SSSR count). The molecular weight excluding hydrogens is 446 g/mol. The van der Waals surface area contributed by atoms with Crippen molar-refractivity contribution < 1.29 is 14.4 Å². The van der Waals surface area contributed by atoms with Gasteiger partial charge in [-0.15, -0.1) is 0 Å². The van der Waals surface area contributed by atoms with Gasteiger partial charge in [-0.2, -0.15) is 0 Å². The van der Waals surface area contributed by atoms with E-state index in [9.17, 15) is 14.4 Å². The van der Waals surface area contributed by atoms with Crippen LogP contribution >= 0.6 is 11.8 Å². The first-order valence-electron chi connectivity index (χ1n) is 11.2. The van der Waals surface area contributed by atoms with E-state index in [0.29, 0.717) is 10.6 Å². The van der Waals surface area contributed by atoms with Crippen LogP contribution in [0, 0.1) is 20.8 Å². The van der Waals surface area contributed by atoms with Crippen molar-refractivity contribution in [1.82, 2.24) is 9.47 Å². The number of carbonyl (C=O) groups is 3. The number of benzene rings is 2. The molecule has 1 aromatic heterocycles. The Morgan fingerprint density at radius 1 is 1.03 bits per heavy atom. The fraction of sp³-hybridized carbons (Fsp3) is 0.222. The first-order chi connectivity index (χ1) is 16.3. The van der Waals surface area contributed by atoms with Crippen LogP contribution < -0.4 is 5.32 Å². The summed E-state index contributed by atoms with van der Waals surface area (Å²) in [6.07, 6.45) is 2.66. The van der Waals surface area contributed by atoms with Crippen LogP contribution in [-0.4, -0.2) is 33.1 Å². The molecule has 1 aliphatic rings. The molecule has 0 saturated carbocycles. The molecule has 7 heteroatoms. The average molecular weight is 474 g/mol. The van der Waals surface area contributed by atoms with Gasteiger partial charge in [0.2, 0.25) is 5.91 Å². The zero-order valence-corrected chi connectivity index (χ0v) is 20.5. The predicted molar refractivity (Wildman–Crippen MR) is 137 cm³/mol. The quantitative estimate of drug-likeness (QED) is 0.470. The molecule has 0 bridgehead atoms. The van der Waals surface area contributed by atoms with Gasteiger partial charge in [0.15, 0.2) is 0 Å². The Balaban J connectivity index is 1.54. The molecule has 0 radical (unpaired) electrons. The summed E-state index contributed by atoms with van der Waals surface area (Å²) in [6, 6.07) is 17.6. The molecule has 1 fully saturated rings. The summed E-state index contributed by atoms with van der Waals surface area (Å²) in [6.45, 7) is 7.79. The van der Waals surface area contributed by atoms with E-state index in [1.165, 1.54) is 5.56 Å². The lowest BCUT2D eigenvalue weighted by atomic mass is 10.1. The van der Waals surface area contributed by atoms with Gasteiger partial charge in [-0.3, -0.25) is 19.3 Å². The molecule has 0 atom stereocenters. The highest BCUT2D eigenvalue weighted by molar-refractivity contribution is 8.18. The van der Waals surface area contributed by atoms with E-state index in [1.54, 1.807) is 18.2 Å². The first-order valence-corrected chi connectivity index (χ1v) is 12.0. The van der Waals surface area contributed by atoms with Crippen molar-refractivity contribution in [2.24, 2.45) is 0 Å². The lowest BCUT2D eigenvalue weighted by molar-refractivity contribution is -0.127. The minimum absolute atomic E-state index is 0.317. The third kappa shape index (κ3) is 4.70. The number of hydrogen-bond donors (Lipinski definition) is 1. The molecule has 0 aliphatic carbocycles. The highest BCUT2D eigenvalue weighted by Crippen LogP contribution is 2.34. The van der Waals surface area contributed by atoms with Crippen molar-refractivity contribution in [1.29, 1.82) is 0 Å². The topological polar surface area (TPSA) is 71.4 Å². The van der Waals surface area contributed by atoms with Crippen LogP contribution in [0.1, 0.15) is 35.0 Å². The zero-order valence-electron chi connectivity index (χ0n) is 19.7. The van der Waals surface area contributed by atoms with Crippen LogP contribution in [-0.2, 0) is 16.0 Å². The predicted octanol–water partition coefficient (Wildman–Crippen LogP) is 5.64. The SMILES string of the molecule is CCc1ccccc1-n1c(C)cc(/C=C2\SC(=O)N(CC(=O)Nc3ccc(C)cc3)C2=O)c1C. The molecule has 2 heterocycles. The average Bonchev–Trinajstić information content (AvgIpc) is 3.24. The zero-order chi connectivity index (χ0) is 24.4. The molecule has 174 valence electrons. The smallest absolute Gasteiger partial charge is 0.294 e. The van der Waals surface area contributed by atoms with Gasteiger partial charge in [-0.05, 0) is 80.4 Å². The fourth-order valence-corrected chi connectivity index (χ4v) is 4.92. The van der Waals surface area contributed by atoms with E-state index in [0.717, 1.165) is 51.3 Å². The van der Waals surface area contributed by atoms with Crippen LogP contribution in [0.15, 0.2) is 59.5 Å². The molecule has 0 unspecified atom stereocenters. The second-order valence-corrected chi connectivity index (χ2v) is 9.32. The first kappa shape index (κ1) is 23.6. The normalized spacial score (nSPS) is 14.8. The number of carbonyl (C=O) groups excluding carboxylic acids is 3. The van der Waals surface area contributed by atoms with E-state index in [2.05, 4.69) is 28.9 Å². The summed E-state index contributed by atoms with van der Waals surface area (Å²) >= 11 is 0.863. The summed E-state index contributed by atoms with van der Waals surface area (Å²) in [5.74, 6) is -0.866. The number of rotatable bonds is 6. The van der Waals surface area contributed by atoms with Crippen molar-refractivity contribution in [3.63, 3.8) is 0 Å². The van der Waals surface area contributed by atoms with Gasteiger partial charge in [0.25, 0.3) is 11.1 Å². The molecule has 2 aromatic carbocycles. The molecular formula is C27H27N3O3S. The molecule has 3 amide bonds. The van der Waals surface area contributed by atoms with E-state index in [-0.39, 0.29) is 6.54 Å². The van der Waals surface area contributed by atoms with Gasteiger partial charge in [0.1, 0.15) is 6.54 Å². The molecule has 1 saturated heterocycles. The number of para-hydroxylation sites is 1. The number of imide groups is 1. The van der Waals surface area contributed by atoms with Crippen LogP contribution in [0.25, 0.3) is 11.8 Å². The summed E-state index contributed by atoms with van der Waals surface area (Å²) in [5.41, 5.74) is 6.95. The lowest BCUT2D eigenvalue weighted by Gasteiger charge is -2.14. The number of anilines is 1. The summed E-state index contributed by atoms with van der Waals surface area (Å²) in [7, 11) is 0. The number of amides is 3. The lowest BCUT2D eigenvalue weighted by Crippen LogP contribution is -2.36. The summed E-state index contributed by atoms with van der Waals surface area (Å²) in [5, 5.41) is 2.29. The Hall–Kier alpha value is -3.58. The molecule has 6 nitrogen and oxygen atoms in total. The molecule has 34 heavy (non-hydrogen) atoms. The second kappa shape index (κ2) is 9.73. The van der Waals surface area contributed by atoms with Crippen LogP contribution in [0.4, 0.5) is 10.5 Å². The van der Waals surface area contributed by atoms with E-state index in [4.69, 9.17) is 0 Å². The van der Waals surface area contributed by atoms with Crippen molar-refractivity contribution in [2.75, 3.05) is 11.9 Å². The van der Waals surface area contributed by atoms with Crippen molar-refractivity contribution in [3.8, 4) is 5.69 Å². The van der Waals surface area contributed by atoms with Crippen molar-refractivity contribution in [2.45, 2.75) is 34.1 Å². The van der Waals surface area contributed by atoms with Gasteiger partial charge in [-0.1, -0.05) is 42.8 Å². The van der Waals surface area contributed by atoms with Gasteiger partial charge in [0.05, 0.1) is 4.91 Å². The molecule has 0 spiro atoms. The van der Waals surface area contributed by atoms with Gasteiger partial charge in [0, 0.05) is 22.8 Å². The highest BCUT2D eigenvalue weighted by Gasteiger charge is 2.36. The van der Waals surface area contributed by atoms with Crippen LogP contribution in [0.2, 0.25) is 0 Å². The number of aromatic nitrogens is 1. The molecule has 1 N–H and O–H groups in total. The van der Waals surface area contributed by atoms with Crippen molar-refractivity contribution >= 4 is 40.6 Å². The van der Waals surface area contributed by atoms with Gasteiger partial charge in [-0.25, -0.2) is 0 Å². The van der Waals surface area contributed by atoms with Crippen LogP contribution in [0.3, 0.4) is 0 Å². The maximum atomic E-state index is 13.0. The maximum Gasteiger partial charge on any atom is 0.294 e. The van der Waals surface area contributed by atoms with E-state index in [1.807, 2.05) is 51.1 Å². The van der Waals surface area contributed by atoms with Gasteiger partial charge >= 0.3 is 0 Å². The molecule has 3 aromatic rings. The van der Waals surface area contributed by atoms with Gasteiger partial charge < -0.3 is 9.88 Å². The largest absolute Gasteiger partial charge is 0.325 e. The maximum absolute atomic E-state index is 13.0. The number of thioether (sulfide) groups is 1. The highest BCUT2D eigenvalue weighted by atomic mass is 32.2. The minimum Gasteiger partial charge on any atom is -0.325 e. The summed E-state index contributed by atoms with van der Waals surface area (Å²) < 4.78 is 2.17.